The van der Waals surface area contributed by atoms with Gasteiger partial charge in [-0.2, -0.15) is 0 Å². The first-order valence-corrected chi connectivity index (χ1v) is 7.84. The van der Waals surface area contributed by atoms with Crippen LogP contribution in [0.5, 0.6) is 5.75 Å². The molecule has 1 aromatic rings. The van der Waals surface area contributed by atoms with E-state index >= 15 is 0 Å². The molecule has 1 unspecified atom stereocenters. The van der Waals surface area contributed by atoms with Gasteiger partial charge in [-0.25, -0.2) is 0 Å². The normalized spacial score (nSPS) is 13.8. The van der Waals surface area contributed by atoms with Crippen molar-refractivity contribution >= 4 is 11.8 Å². The number of rotatable bonds is 5. The van der Waals surface area contributed by atoms with Crippen LogP contribution in [0.1, 0.15) is 46.6 Å². The molecule has 3 heteroatoms. The molecule has 0 fully saturated rings. The van der Waals surface area contributed by atoms with Gasteiger partial charge >= 0.3 is 0 Å². The van der Waals surface area contributed by atoms with Crippen molar-refractivity contribution in [2.24, 2.45) is 5.92 Å². The van der Waals surface area contributed by atoms with Crippen LogP contribution in [-0.2, 0) is 5.41 Å². The topological polar surface area (TPSA) is 40.5 Å². The number of aromatic hydroxyl groups is 1. The zero-order valence-corrected chi connectivity index (χ0v) is 13.4. The Kier molecular flexibility index (Phi) is 5.75. The van der Waals surface area contributed by atoms with E-state index in [1.54, 1.807) is 17.8 Å². The number of phenolic OH excluding ortho intramolecular Hbond substituents is 1. The highest BCUT2D eigenvalue weighted by molar-refractivity contribution is 7.99. The Morgan fingerprint density at radius 3 is 2.37 bits per heavy atom. The molecule has 0 bridgehead atoms. The summed E-state index contributed by atoms with van der Waals surface area (Å²) in [6, 6.07) is 5.76. The van der Waals surface area contributed by atoms with Gasteiger partial charge in [-0.1, -0.05) is 34.6 Å². The molecule has 0 spiro atoms. The van der Waals surface area contributed by atoms with Crippen molar-refractivity contribution in [1.29, 1.82) is 0 Å². The van der Waals surface area contributed by atoms with Crippen LogP contribution in [0.15, 0.2) is 23.1 Å². The third-order valence-corrected chi connectivity index (χ3v) is 4.26. The van der Waals surface area contributed by atoms with Crippen LogP contribution >= 0.6 is 11.8 Å². The molecule has 1 aromatic carbocycles. The number of phenols is 1. The number of aliphatic hydroxyl groups is 1. The Hall–Kier alpha value is -0.670. The second-order valence-electron chi connectivity index (χ2n) is 6.38. The zero-order valence-electron chi connectivity index (χ0n) is 12.6. The van der Waals surface area contributed by atoms with Crippen LogP contribution in [0.4, 0.5) is 0 Å². The highest BCUT2D eigenvalue weighted by Crippen LogP contribution is 2.34. The summed E-state index contributed by atoms with van der Waals surface area (Å²) in [5, 5.41) is 19.7. The first-order chi connectivity index (χ1) is 8.71. The highest BCUT2D eigenvalue weighted by atomic mass is 32.2. The van der Waals surface area contributed by atoms with Crippen LogP contribution in [-0.4, -0.2) is 22.1 Å². The Balaban J connectivity index is 2.66. The fraction of sp³-hybridized carbons (Fsp3) is 0.625. The monoisotopic (exact) mass is 282 g/mol. The van der Waals surface area contributed by atoms with Gasteiger partial charge in [-0.3, -0.25) is 0 Å². The first kappa shape index (κ1) is 16.4. The van der Waals surface area contributed by atoms with Gasteiger partial charge in [0.1, 0.15) is 5.75 Å². The van der Waals surface area contributed by atoms with Gasteiger partial charge < -0.3 is 10.2 Å². The third kappa shape index (κ3) is 5.07. The summed E-state index contributed by atoms with van der Waals surface area (Å²) in [5.74, 6) is 1.57. The van der Waals surface area contributed by atoms with E-state index in [0.29, 0.717) is 11.7 Å². The van der Waals surface area contributed by atoms with Gasteiger partial charge in [0, 0.05) is 16.2 Å². The minimum Gasteiger partial charge on any atom is -0.508 e. The number of hydrogen-bond donors (Lipinski definition) is 2. The van der Waals surface area contributed by atoms with Crippen LogP contribution in [0.2, 0.25) is 0 Å². The molecule has 0 aliphatic carbocycles. The molecule has 0 radical (unpaired) electrons. The molecule has 2 nitrogen and oxygen atoms in total. The molecular weight excluding hydrogens is 256 g/mol. The van der Waals surface area contributed by atoms with Crippen molar-refractivity contribution in [2.45, 2.75) is 57.5 Å². The lowest BCUT2D eigenvalue weighted by Crippen LogP contribution is -2.15. The largest absolute Gasteiger partial charge is 0.508 e. The smallest absolute Gasteiger partial charge is 0.119 e. The number of hydrogen-bond acceptors (Lipinski definition) is 3. The number of benzene rings is 1. The molecule has 2 N–H and O–H groups in total. The molecule has 0 saturated carbocycles. The van der Waals surface area contributed by atoms with Crippen LogP contribution < -0.4 is 0 Å². The highest BCUT2D eigenvalue weighted by Gasteiger charge is 2.18. The fourth-order valence-electron chi connectivity index (χ4n) is 1.84. The van der Waals surface area contributed by atoms with Crippen molar-refractivity contribution < 1.29 is 10.2 Å². The number of thioether (sulfide) groups is 1. The summed E-state index contributed by atoms with van der Waals surface area (Å²) in [4.78, 5) is 1.15. The Morgan fingerprint density at radius 2 is 1.84 bits per heavy atom. The maximum atomic E-state index is 9.91. The fourth-order valence-corrected chi connectivity index (χ4v) is 2.80. The van der Waals surface area contributed by atoms with Crippen molar-refractivity contribution in [3.8, 4) is 5.75 Å². The summed E-state index contributed by atoms with van der Waals surface area (Å²) in [5.41, 5.74) is 0.917. The Bertz CT molecular complexity index is 408. The van der Waals surface area contributed by atoms with E-state index in [2.05, 4.69) is 26.8 Å². The second kappa shape index (κ2) is 6.67. The standard InChI is InChI=1S/C16H26O2S/c1-11(2)14(17)8-9-19-12-6-7-15(18)13(10-12)16(3,4)5/h6-7,10-11,14,17-18H,8-9H2,1-5H3. The number of aliphatic hydroxyl groups excluding tert-OH is 1. The molecule has 1 atom stereocenters. The van der Waals surface area contributed by atoms with E-state index in [4.69, 9.17) is 0 Å². The quantitative estimate of drug-likeness (QED) is 0.796. The first-order valence-electron chi connectivity index (χ1n) is 6.86. The maximum absolute atomic E-state index is 9.91. The van der Waals surface area contributed by atoms with Crippen LogP contribution in [0, 0.1) is 5.92 Å². The van der Waals surface area contributed by atoms with Crippen molar-refractivity contribution in [2.75, 3.05) is 5.75 Å². The summed E-state index contributed by atoms with van der Waals surface area (Å²) in [6.07, 6.45) is 0.570. The molecule has 0 aromatic heterocycles. The lowest BCUT2D eigenvalue weighted by Gasteiger charge is -2.21. The molecule has 0 saturated heterocycles. The molecule has 0 heterocycles. The van der Waals surface area contributed by atoms with Crippen LogP contribution in [0.3, 0.4) is 0 Å². The van der Waals surface area contributed by atoms with Gasteiger partial charge in [-0.05, 0) is 36.0 Å². The predicted molar refractivity (Wildman–Crippen MR) is 83.0 cm³/mol. The average molecular weight is 282 g/mol. The van der Waals surface area contributed by atoms with Crippen molar-refractivity contribution in [3.63, 3.8) is 0 Å². The summed E-state index contributed by atoms with van der Waals surface area (Å²) in [7, 11) is 0. The molecule has 0 amide bonds. The van der Waals surface area contributed by atoms with Gasteiger partial charge in [0.05, 0.1) is 6.10 Å². The van der Waals surface area contributed by atoms with Crippen molar-refractivity contribution in [3.05, 3.63) is 23.8 Å². The van der Waals surface area contributed by atoms with E-state index in [-0.39, 0.29) is 11.5 Å². The lowest BCUT2D eigenvalue weighted by molar-refractivity contribution is 0.123. The third-order valence-electron chi connectivity index (χ3n) is 3.23. The predicted octanol–water partition coefficient (Wildman–Crippen LogP) is 4.19. The minimum atomic E-state index is -0.230. The average Bonchev–Trinajstić information content (AvgIpc) is 2.29. The molecule has 0 aliphatic heterocycles. The van der Waals surface area contributed by atoms with Gasteiger partial charge in [-0.15, -0.1) is 11.8 Å². The van der Waals surface area contributed by atoms with E-state index < -0.39 is 0 Å². The maximum Gasteiger partial charge on any atom is 0.119 e. The summed E-state index contributed by atoms with van der Waals surface area (Å²) in [6.45, 7) is 10.4. The molecule has 108 valence electrons. The van der Waals surface area contributed by atoms with E-state index in [0.717, 1.165) is 22.6 Å². The second-order valence-corrected chi connectivity index (χ2v) is 7.55. The summed E-state index contributed by atoms with van der Waals surface area (Å²) < 4.78 is 0. The Morgan fingerprint density at radius 1 is 1.21 bits per heavy atom. The minimum absolute atomic E-state index is 0.0574. The molecular formula is C16H26O2S. The van der Waals surface area contributed by atoms with Crippen LogP contribution in [0.25, 0.3) is 0 Å². The van der Waals surface area contributed by atoms with E-state index in [1.807, 2.05) is 19.9 Å². The van der Waals surface area contributed by atoms with Gasteiger partial charge in [0.25, 0.3) is 0 Å². The van der Waals surface area contributed by atoms with Crippen molar-refractivity contribution in [1.82, 2.24) is 0 Å². The molecule has 19 heavy (non-hydrogen) atoms. The SMILES string of the molecule is CC(C)C(O)CCSc1ccc(O)c(C(C)(C)C)c1. The van der Waals surface area contributed by atoms with Gasteiger partial charge in [0.2, 0.25) is 0 Å². The lowest BCUT2D eigenvalue weighted by atomic mass is 9.86. The Labute approximate surface area is 121 Å². The molecule has 0 aliphatic rings. The zero-order chi connectivity index (χ0) is 14.6. The van der Waals surface area contributed by atoms with E-state index in [1.165, 1.54) is 0 Å². The van der Waals surface area contributed by atoms with E-state index in [9.17, 15) is 10.2 Å². The summed E-state index contributed by atoms with van der Waals surface area (Å²) >= 11 is 1.73. The van der Waals surface area contributed by atoms with Gasteiger partial charge in [0.15, 0.2) is 0 Å². The molecule has 1 rings (SSSR count).